The van der Waals surface area contributed by atoms with E-state index in [4.69, 9.17) is 0 Å². The summed E-state index contributed by atoms with van der Waals surface area (Å²) in [4.78, 5) is 15.7. The number of halogens is 1. The van der Waals surface area contributed by atoms with E-state index in [1.54, 1.807) is 6.07 Å². The number of aliphatic hydroxyl groups is 1. The number of carbonyl (C=O) groups is 1. The van der Waals surface area contributed by atoms with Crippen molar-refractivity contribution in [2.75, 3.05) is 13.1 Å². The van der Waals surface area contributed by atoms with Gasteiger partial charge in [0.05, 0.1) is 6.10 Å². The maximum absolute atomic E-state index is 16.1. The van der Waals surface area contributed by atoms with Gasteiger partial charge in [0.1, 0.15) is 11.9 Å². The second-order valence-electron chi connectivity index (χ2n) is 15.4. The minimum Gasteiger partial charge on any atom is -0.508 e. The number of unbranched alkanes of at least 4 members (excludes halogenated alkanes) is 1. The molecule has 3 unspecified atom stereocenters. The zero-order chi connectivity index (χ0) is 31.4. The summed E-state index contributed by atoms with van der Waals surface area (Å²) in [6.07, 6.45) is 14.8. The molecule has 3 fully saturated rings. The topological polar surface area (TPSA) is 60.8 Å². The summed E-state index contributed by atoms with van der Waals surface area (Å²) in [6.45, 7) is 3.73. The molecule has 3 saturated carbocycles. The highest BCUT2D eigenvalue weighted by Gasteiger charge is 2.59. The third-order valence-electron chi connectivity index (χ3n) is 12.6. The Kier molecular flexibility index (Phi) is 10.5. The number of hydrogen-bond acceptors (Lipinski definition) is 3. The zero-order valence-corrected chi connectivity index (χ0v) is 27.5. The molecule has 0 heterocycles. The lowest BCUT2D eigenvalue weighted by Gasteiger charge is -2.54. The summed E-state index contributed by atoms with van der Waals surface area (Å²) in [5, 5.41) is 21.3. The molecule has 0 radical (unpaired) electrons. The molecular formula is C40H56FNO3. The van der Waals surface area contributed by atoms with Gasteiger partial charge in [-0.3, -0.25) is 4.79 Å². The number of benzene rings is 2. The fourth-order valence-electron chi connectivity index (χ4n) is 10.2. The van der Waals surface area contributed by atoms with E-state index in [1.165, 1.54) is 37.7 Å². The van der Waals surface area contributed by atoms with Crippen LogP contribution in [0.3, 0.4) is 0 Å². The normalized spacial score (nSPS) is 31.2. The molecule has 2 aromatic rings. The minimum absolute atomic E-state index is 0.154. The van der Waals surface area contributed by atoms with Crippen LogP contribution in [0, 0.1) is 29.1 Å². The van der Waals surface area contributed by atoms with E-state index in [0.717, 1.165) is 82.0 Å². The molecule has 4 nitrogen and oxygen atoms in total. The predicted molar refractivity (Wildman–Crippen MR) is 179 cm³/mol. The van der Waals surface area contributed by atoms with Gasteiger partial charge in [-0.2, -0.15) is 0 Å². The Morgan fingerprint density at radius 2 is 1.73 bits per heavy atom. The number of amides is 1. The average molecular weight is 618 g/mol. The van der Waals surface area contributed by atoms with Crippen LogP contribution < -0.4 is 0 Å². The second-order valence-corrected chi connectivity index (χ2v) is 15.4. The number of phenols is 1. The monoisotopic (exact) mass is 617 g/mol. The fourth-order valence-corrected chi connectivity index (χ4v) is 10.2. The molecule has 45 heavy (non-hydrogen) atoms. The number of phenolic OH excluding ortho intramolecular Hbond substituents is 1. The maximum Gasteiger partial charge on any atom is 0.222 e. The van der Waals surface area contributed by atoms with Gasteiger partial charge >= 0.3 is 0 Å². The molecule has 7 atom stereocenters. The van der Waals surface area contributed by atoms with E-state index in [1.807, 2.05) is 12.1 Å². The first kappa shape index (κ1) is 32.5. The molecule has 246 valence electrons. The molecule has 4 aliphatic rings. The van der Waals surface area contributed by atoms with E-state index in [-0.39, 0.29) is 23.0 Å². The van der Waals surface area contributed by atoms with Gasteiger partial charge in [0.15, 0.2) is 0 Å². The molecule has 6 rings (SSSR count). The molecule has 4 aliphatic carbocycles. The molecule has 2 aromatic carbocycles. The molecule has 0 spiro atoms. The van der Waals surface area contributed by atoms with Crippen LogP contribution in [-0.4, -0.2) is 46.4 Å². The Morgan fingerprint density at radius 1 is 0.956 bits per heavy atom. The Hall–Kier alpha value is -2.40. The summed E-state index contributed by atoms with van der Waals surface area (Å²) in [7, 11) is 0. The van der Waals surface area contributed by atoms with Crippen LogP contribution >= 0.6 is 0 Å². The van der Waals surface area contributed by atoms with Crippen molar-refractivity contribution in [2.24, 2.45) is 29.1 Å². The summed E-state index contributed by atoms with van der Waals surface area (Å²) in [5.41, 5.74) is 3.16. The molecule has 0 bridgehead atoms. The first-order valence-electron chi connectivity index (χ1n) is 18.3. The predicted octanol–water partition coefficient (Wildman–Crippen LogP) is 8.78. The fraction of sp³-hybridized carbons (Fsp3) is 0.675. The van der Waals surface area contributed by atoms with Crippen LogP contribution in [0.1, 0.15) is 119 Å². The van der Waals surface area contributed by atoms with Gasteiger partial charge in [-0.15, -0.1) is 0 Å². The van der Waals surface area contributed by atoms with E-state index in [9.17, 15) is 15.0 Å². The summed E-state index contributed by atoms with van der Waals surface area (Å²) in [5.74, 6) is 2.00. The maximum atomic E-state index is 16.1. The van der Waals surface area contributed by atoms with Gasteiger partial charge in [-0.05, 0) is 116 Å². The van der Waals surface area contributed by atoms with Crippen LogP contribution in [-0.2, 0) is 17.6 Å². The molecule has 1 amide bonds. The van der Waals surface area contributed by atoms with Gasteiger partial charge in [-0.25, -0.2) is 4.39 Å². The Bertz CT molecular complexity index is 1260. The molecule has 5 heteroatoms. The highest BCUT2D eigenvalue weighted by Crippen LogP contribution is 2.63. The van der Waals surface area contributed by atoms with Gasteiger partial charge < -0.3 is 15.1 Å². The molecule has 2 N–H and O–H groups in total. The van der Waals surface area contributed by atoms with Crippen LogP contribution in [0.25, 0.3) is 0 Å². The number of alkyl halides is 1. The van der Waals surface area contributed by atoms with Crippen molar-refractivity contribution >= 4 is 5.91 Å². The standard InChI is InChI=1S/C40H56FNO3/c1-40-27-35(41)39-33-19-18-32(43)26-31(33)25-30(38(39)34(40)20-21-36(40)44)16-8-9-23-42(24-10-15-28-11-4-2-5-12-28)37(45)22-17-29-13-6-3-7-14-29/h2,4-5,11-12,18-19,26,29-30,34-36,38-39,43-44H,3,6-10,13-17,20-25,27H2,1H3/t30-,34?,35+,36+,38?,39?,40+/m1/s1. The van der Waals surface area contributed by atoms with Gasteiger partial charge in [0.25, 0.3) is 0 Å². The quantitative estimate of drug-likeness (QED) is 0.234. The number of carbonyl (C=O) groups excluding carboxylic acids is 1. The Morgan fingerprint density at radius 3 is 2.53 bits per heavy atom. The average Bonchev–Trinajstić information content (AvgIpc) is 3.34. The van der Waals surface area contributed by atoms with Gasteiger partial charge in [-0.1, -0.05) is 81.8 Å². The van der Waals surface area contributed by atoms with E-state index >= 15 is 4.39 Å². The minimum atomic E-state index is -0.975. The lowest BCUT2D eigenvalue weighted by Crippen LogP contribution is -2.51. The number of fused-ring (bicyclic) bond motifs is 5. The van der Waals surface area contributed by atoms with Crippen LogP contribution in [0.2, 0.25) is 0 Å². The highest BCUT2D eigenvalue weighted by atomic mass is 19.1. The Balaban J connectivity index is 1.10. The van der Waals surface area contributed by atoms with Crippen molar-refractivity contribution in [3.05, 3.63) is 65.2 Å². The summed E-state index contributed by atoms with van der Waals surface area (Å²) < 4.78 is 16.1. The van der Waals surface area contributed by atoms with Gasteiger partial charge in [0.2, 0.25) is 5.91 Å². The summed E-state index contributed by atoms with van der Waals surface area (Å²) >= 11 is 0. The van der Waals surface area contributed by atoms with Crippen molar-refractivity contribution in [3.8, 4) is 5.75 Å². The number of aromatic hydroxyl groups is 1. The second kappa shape index (κ2) is 14.6. The van der Waals surface area contributed by atoms with Crippen molar-refractivity contribution in [1.82, 2.24) is 4.90 Å². The molecular weight excluding hydrogens is 561 g/mol. The number of aliphatic hydroxyl groups excluding tert-OH is 1. The molecule has 0 aromatic heterocycles. The van der Waals surface area contributed by atoms with Crippen LogP contribution in [0.15, 0.2) is 48.5 Å². The number of rotatable bonds is 12. The number of aryl methyl sites for hydroxylation is 1. The first-order valence-corrected chi connectivity index (χ1v) is 18.3. The largest absolute Gasteiger partial charge is 0.508 e. The Labute approximate surface area is 270 Å². The van der Waals surface area contributed by atoms with Crippen molar-refractivity contribution in [2.45, 2.75) is 128 Å². The van der Waals surface area contributed by atoms with Gasteiger partial charge in [0, 0.05) is 25.4 Å². The van der Waals surface area contributed by atoms with Crippen molar-refractivity contribution < 1.29 is 19.4 Å². The smallest absolute Gasteiger partial charge is 0.222 e. The number of nitrogens with zero attached hydrogens (tertiary/aromatic N) is 1. The highest BCUT2D eigenvalue weighted by molar-refractivity contribution is 5.76. The first-order chi connectivity index (χ1) is 21.8. The van der Waals surface area contributed by atoms with E-state index < -0.39 is 12.3 Å². The van der Waals surface area contributed by atoms with Crippen LogP contribution in [0.4, 0.5) is 4.39 Å². The third-order valence-corrected chi connectivity index (χ3v) is 12.6. The van der Waals surface area contributed by atoms with Crippen molar-refractivity contribution in [3.63, 3.8) is 0 Å². The lowest BCUT2D eigenvalue weighted by molar-refractivity contribution is -0.131. The lowest BCUT2D eigenvalue weighted by atomic mass is 9.51. The third kappa shape index (κ3) is 7.29. The van der Waals surface area contributed by atoms with E-state index in [0.29, 0.717) is 36.5 Å². The zero-order valence-electron chi connectivity index (χ0n) is 27.5. The molecule has 0 aliphatic heterocycles. The van der Waals surface area contributed by atoms with Crippen molar-refractivity contribution in [1.29, 1.82) is 0 Å². The molecule has 0 saturated heterocycles. The van der Waals surface area contributed by atoms with Crippen LogP contribution in [0.5, 0.6) is 5.75 Å². The SMILES string of the molecule is C[C@]12C[C@H](F)C3c4ccc(O)cc4C[C@@H](CCCCN(CCCc4ccccc4)C(=O)CCC4CCCCC4)C3C1CC[C@@H]2O. The van der Waals surface area contributed by atoms with E-state index in [2.05, 4.69) is 42.2 Å². The number of hydrogen-bond donors (Lipinski definition) is 2. The summed E-state index contributed by atoms with van der Waals surface area (Å²) in [6, 6.07) is 16.1.